The number of para-hydroxylation sites is 2. The van der Waals surface area contributed by atoms with Gasteiger partial charge in [0.1, 0.15) is 11.4 Å². The fourth-order valence-corrected chi connectivity index (χ4v) is 3.74. The van der Waals surface area contributed by atoms with E-state index in [-0.39, 0.29) is 24.6 Å². The average Bonchev–Trinajstić information content (AvgIpc) is 3.23. The molecule has 1 amide bonds. The Morgan fingerprint density at radius 3 is 2.55 bits per heavy atom. The second-order valence-corrected chi connectivity index (χ2v) is 7.40. The number of hydrogen-bond acceptors (Lipinski definition) is 6. The molecule has 0 saturated carbocycles. The van der Waals surface area contributed by atoms with E-state index in [0.717, 1.165) is 30.7 Å². The topological polar surface area (TPSA) is 111 Å². The quantitative estimate of drug-likeness (QED) is 0.393. The van der Waals surface area contributed by atoms with Crippen molar-refractivity contribution in [1.29, 1.82) is 0 Å². The maximum absolute atomic E-state index is 12.7. The molecule has 0 atom stereocenters. The van der Waals surface area contributed by atoms with Crippen LogP contribution in [0.15, 0.2) is 24.3 Å². The number of rotatable bonds is 10. The van der Waals surface area contributed by atoms with Crippen molar-refractivity contribution in [3.63, 3.8) is 0 Å². The first-order valence-corrected chi connectivity index (χ1v) is 10.5. The van der Waals surface area contributed by atoms with Crippen LogP contribution in [0.2, 0.25) is 0 Å². The van der Waals surface area contributed by atoms with Gasteiger partial charge >= 0.3 is 5.69 Å². The molecule has 0 aliphatic rings. The first kappa shape index (κ1) is 22.4. The summed E-state index contributed by atoms with van der Waals surface area (Å²) in [5.74, 6) is 0.298. The van der Waals surface area contributed by atoms with Crippen LogP contribution < -0.4 is 5.32 Å². The lowest BCUT2D eigenvalue weighted by molar-refractivity contribution is -0.386. The van der Waals surface area contributed by atoms with Crippen molar-refractivity contribution in [2.24, 2.45) is 0 Å². The molecule has 10 heteroatoms. The third-order valence-electron chi connectivity index (χ3n) is 5.52. The van der Waals surface area contributed by atoms with Crippen LogP contribution in [0.1, 0.15) is 31.7 Å². The summed E-state index contributed by atoms with van der Waals surface area (Å²) in [6.07, 6.45) is 0.137. The molecule has 3 aromatic rings. The number of aryl methyl sites for hydroxylation is 2. The van der Waals surface area contributed by atoms with E-state index in [0.29, 0.717) is 23.9 Å². The minimum atomic E-state index is -0.438. The van der Waals surface area contributed by atoms with Gasteiger partial charge in [-0.05, 0) is 39.1 Å². The summed E-state index contributed by atoms with van der Waals surface area (Å²) in [7, 11) is 0. The molecule has 1 N–H and O–H groups in total. The number of benzene rings is 1. The first-order valence-electron chi connectivity index (χ1n) is 10.5. The lowest BCUT2D eigenvalue weighted by Gasteiger charge is -2.19. The van der Waals surface area contributed by atoms with Gasteiger partial charge in [0.2, 0.25) is 11.9 Å². The molecule has 0 saturated heterocycles. The molecule has 0 bridgehead atoms. The summed E-state index contributed by atoms with van der Waals surface area (Å²) in [5, 5.41) is 18.3. The van der Waals surface area contributed by atoms with E-state index < -0.39 is 4.92 Å². The number of hydrogen-bond donors (Lipinski definition) is 1. The largest absolute Gasteiger partial charge is 0.312 e. The average molecular weight is 428 g/mol. The monoisotopic (exact) mass is 427 g/mol. The highest BCUT2D eigenvalue weighted by Crippen LogP contribution is 2.22. The summed E-state index contributed by atoms with van der Waals surface area (Å²) in [6, 6.07) is 7.80. The van der Waals surface area contributed by atoms with Gasteiger partial charge in [0.15, 0.2) is 0 Å². The van der Waals surface area contributed by atoms with Gasteiger partial charge in [0, 0.05) is 19.5 Å². The van der Waals surface area contributed by atoms with Crippen LogP contribution in [0.3, 0.4) is 0 Å². The van der Waals surface area contributed by atoms with Crippen LogP contribution in [0.25, 0.3) is 11.0 Å². The van der Waals surface area contributed by atoms with E-state index in [1.807, 2.05) is 28.8 Å². The van der Waals surface area contributed by atoms with E-state index >= 15 is 0 Å². The first-order chi connectivity index (χ1) is 14.8. The molecular formula is C21H29N7O3. The number of likely N-dealkylation sites (N-methyl/N-ethyl adjacent to an activating group) is 1. The number of fused-ring (bicyclic) bond motifs is 1. The molecule has 0 spiro atoms. The van der Waals surface area contributed by atoms with E-state index in [9.17, 15) is 14.9 Å². The maximum atomic E-state index is 12.7. The standard InChI is InChI=1S/C21H29N7O3/c1-5-25(6-2)13-14-26-18-10-8-7-9-17(18)22-21(26)23-19(29)11-12-27-16(4)20(28(30)31)15(3)24-27/h7-10H,5-6,11-14H2,1-4H3,(H,22,23,29). The van der Waals surface area contributed by atoms with Crippen molar-refractivity contribution >= 4 is 28.6 Å². The molecule has 0 aliphatic carbocycles. The van der Waals surface area contributed by atoms with Crippen molar-refractivity contribution in [1.82, 2.24) is 24.2 Å². The lowest BCUT2D eigenvalue weighted by Crippen LogP contribution is -2.28. The third-order valence-corrected chi connectivity index (χ3v) is 5.52. The summed E-state index contributed by atoms with van der Waals surface area (Å²) in [5.41, 5.74) is 2.59. The molecule has 0 unspecified atom stereocenters. The fraction of sp³-hybridized carbons (Fsp3) is 0.476. The number of nitro groups is 1. The molecule has 3 rings (SSSR count). The van der Waals surface area contributed by atoms with E-state index in [1.54, 1.807) is 13.8 Å². The summed E-state index contributed by atoms with van der Waals surface area (Å²) in [6.45, 7) is 11.2. The van der Waals surface area contributed by atoms with Gasteiger partial charge in [0.25, 0.3) is 0 Å². The van der Waals surface area contributed by atoms with Crippen LogP contribution in [-0.4, -0.2) is 54.7 Å². The van der Waals surface area contributed by atoms with Gasteiger partial charge in [-0.25, -0.2) is 4.98 Å². The summed E-state index contributed by atoms with van der Waals surface area (Å²) in [4.78, 5) is 30.3. The van der Waals surface area contributed by atoms with Gasteiger partial charge in [-0.3, -0.25) is 24.9 Å². The van der Waals surface area contributed by atoms with Crippen LogP contribution in [0.5, 0.6) is 0 Å². The van der Waals surface area contributed by atoms with Crippen molar-refractivity contribution in [2.75, 3.05) is 25.0 Å². The highest BCUT2D eigenvalue weighted by molar-refractivity contribution is 5.91. The number of amides is 1. The Balaban J connectivity index is 1.74. The second-order valence-electron chi connectivity index (χ2n) is 7.40. The van der Waals surface area contributed by atoms with Crippen LogP contribution in [0.4, 0.5) is 11.6 Å². The predicted octanol–water partition coefficient (Wildman–Crippen LogP) is 3.13. The summed E-state index contributed by atoms with van der Waals surface area (Å²) >= 11 is 0. The van der Waals surface area contributed by atoms with Gasteiger partial charge in [-0.2, -0.15) is 5.10 Å². The molecule has 0 radical (unpaired) electrons. The van der Waals surface area contributed by atoms with Gasteiger partial charge in [-0.1, -0.05) is 26.0 Å². The number of anilines is 1. The van der Waals surface area contributed by atoms with Crippen molar-refractivity contribution in [3.8, 4) is 0 Å². The Morgan fingerprint density at radius 1 is 1.19 bits per heavy atom. The zero-order valence-corrected chi connectivity index (χ0v) is 18.5. The fourth-order valence-electron chi connectivity index (χ4n) is 3.74. The maximum Gasteiger partial charge on any atom is 0.312 e. The van der Waals surface area contributed by atoms with Crippen LogP contribution in [-0.2, 0) is 17.9 Å². The highest BCUT2D eigenvalue weighted by atomic mass is 16.6. The Bertz CT molecular complexity index is 1080. The zero-order chi connectivity index (χ0) is 22.5. The normalized spacial score (nSPS) is 11.4. The Morgan fingerprint density at radius 2 is 1.90 bits per heavy atom. The number of nitrogens with zero attached hydrogens (tertiary/aromatic N) is 6. The smallest absolute Gasteiger partial charge is 0.309 e. The number of imidazole rings is 1. The van der Waals surface area contributed by atoms with Crippen molar-refractivity contribution in [3.05, 3.63) is 45.8 Å². The van der Waals surface area contributed by atoms with Gasteiger partial charge in [-0.15, -0.1) is 0 Å². The lowest BCUT2D eigenvalue weighted by atomic mass is 10.3. The molecule has 2 aromatic heterocycles. The SMILES string of the molecule is CCN(CC)CCn1c(NC(=O)CCn2nc(C)c([N+](=O)[O-])c2C)nc2ccccc21. The van der Waals surface area contributed by atoms with Gasteiger partial charge < -0.3 is 9.47 Å². The molecule has 1 aromatic carbocycles. The Hall–Kier alpha value is -3.27. The Labute approximate surface area is 181 Å². The number of nitrogens with one attached hydrogen (secondary N) is 1. The Kier molecular flexibility index (Phi) is 7.01. The third kappa shape index (κ3) is 4.91. The highest BCUT2D eigenvalue weighted by Gasteiger charge is 2.22. The molecular weight excluding hydrogens is 398 g/mol. The number of carbonyl (C=O) groups excluding carboxylic acids is 1. The van der Waals surface area contributed by atoms with Crippen LogP contribution in [0, 0.1) is 24.0 Å². The number of carbonyl (C=O) groups is 1. The molecule has 0 fully saturated rings. The van der Waals surface area contributed by atoms with Gasteiger partial charge in [0.05, 0.1) is 22.5 Å². The minimum absolute atomic E-state index is 0.00129. The molecule has 2 heterocycles. The number of aromatic nitrogens is 4. The molecule has 166 valence electrons. The second kappa shape index (κ2) is 9.69. The minimum Gasteiger partial charge on any atom is -0.309 e. The molecule has 31 heavy (non-hydrogen) atoms. The van der Waals surface area contributed by atoms with Crippen molar-refractivity contribution < 1.29 is 9.72 Å². The van der Waals surface area contributed by atoms with Crippen LogP contribution >= 0.6 is 0 Å². The summed E-state index contributed by atoms with van der Waals surface area (Å²) < 4.78 is 3.54. The van der Waals surface area contributed by atoms with Crippen molar-refractivity contribution in [2.45, 2.75) is 47.2 Å². The predicted molar refractivity (Wildman–Crippen MR) is 119 cm³/mol. The zero-order valence-electron chi connectivity index (χ0n) is 18.5. The molecule has 0 aliphatic heterocycles. The van der Waals surface area contributed by atoms with E-state index in [4.69, 9.17) is 0 Å². The van der Waals surface area contributed by atoms with E-state index in [2.05, 4.69) is 34.1 Å². The van der Waals surface area contributed by atoms with E-state index in [1.165, 1.54) is 4.68 Å². The molecule has 10 nitrogen and oxygen atoms in total.